The van der Waals surface area contributed by atoms with Gasteiger partial charge in [0, 0.05) is 19.3 Å². The molecule has 422 valence electrons. The molecule has 0 unspecified atom stereocenters. The Balaban J connectivity index is 4.38. The predicted molar refractivity (Wildman–Crippen MR) is 316 cm³/mol. The molecular weight excluding hydrogens is 901 g/mol. The Kier molecular flexibility index (Phi) is 58.7. The number of rotatable bonds is 57. The number of hydrogen-bond donors (Lipinski definition) is 0. The van der Waals surface area contributed by atoms with Crippen molar-refractivity contribution in [2.45, 2.75) is 322 Å². The van der Waals surface area contributed by atoms with Gasteiger partial charge >= 0.3 is 17.9 Å². The minimum absolute atomic E-state index is 0.0883. The third kappa shape index (κ3) is 59.6. The van der Waals surface area contributed by atoms with E-state index in [1.54, 1.807) is 0 Å². The van der Waals surface area contributed by atoms with E-state index >= 15 is 0 Å². The molecule has 0 radical (unpaired) electrons. The van der Waals surface area contributed by atoms with Gasteiger partial charge in [0.25, 0.3) is 0 Å². The molecule has 6 nitrogen and oxygen atoms in total. The van der Waals surface area contributed by atoms with E-state index in [9.17, 15) is 14.4 Å². The van der Waals surface area contributed by atoms with Crippen molar-refractivity contribution in [1.29, 1.82) is 0 Å². The van der Waals surface area contributed by atoms with Crippen LogP contribution in [0.3, 0.4) is 0 Å². The molecule has 0 aromatic rings. The third-order valence-electron chi connectivity index (χ3n) is 13.7. The number of esters is 3. The predicted octanol–water partition coefficient (Wildman–Crippen LogP) is 21.3. The van der Waals surface area contributed by atoms with Gasteiger partial charge in [0.15, 0.2) is 6.10 Å². The first-order valence-corrected chi connectivity index (χ1v) is 31.4. The second kappa shape index (κ2) is 61.4. The van der Waals surface area contributed by atoms with Crippen molar-refractivity contribution in [2.24, 2.45) is 0 Å². The summed E-state index contributed by atoms with van der Waals surface area (Å²) in [5.41, 5.74) is 0. The van der Waals surface area contributed by atoms with E-state index in [-0.39, 0.29) is 31.1 Å². The van der Waals surface area contributed by atoms with Gasteiger partial charge in [-0.1, -0.05) is 280 Å². The topological polar surface area (TPSA) is 78.9 Å². The Morgan fingerprint density at radius 1 is 0.288 bits per heavy atom. The third-order valence-corrected chi connectivity index (χ3v) is 13.7. The van der Waals surface area contributed by atoms with Gasteiger partial charge in [0.1, 0.15) is 13.2 Å². The van der Waals surface area contributed by atoms with Gasteiger partial charge < -0.3 is 14.2 Å². The number of ether oxygens (including phenoxy) is 3. The van der Waals surface area contributed by atoms with Crippen molar-refractivity contribution in [3.05, 3.63) is 72.9 Å². The lowest BCUT2D eigenvalue weighted by Gasteiger charge is -2.18. The summed E-state index contributed by atoms with van der Waals surface area (Å²) in [5, 5.41) is 0. The highest BCUT2D eigenvalue weighted by molar-refractivity contribution is 5.71. The summed E-state index contributed by atoms with van der Waals surface area (Å²) in [6, 6.07) is 0. The number of carbonyl (C=O) groups excluding carboxylic acids is 3. The molecule has 0 aliphatic carbocycles. The van der Waals surface area contributed by atoms with Crippen molar-refractivity contribution in [1.82, 2.24) is 0 Å². The van der Waals surface area contributed by atoms with Gasteiger partial charge in [-0.25, -0.2) is 0 Å². The fraction of sp³-hybridized carbons (Fsp3) is 0.776. The SMILES string of the molecule is CC/C=C\C/C=C\C/C=C\C/C=C\CCCCC(=O)OC[C@H](COC(=O)CCCCCCCCCCC/C=C\C/C=C\CCCCC)OC(=O)CCCCCCCCCCCCCCCCCCCCCCC. The molecule has 0 N–H and O–H groups in total. The van der Waals surface area contributed by atoms with Crippen LogP contribution in [-0.2, 0) is 28.6 Å². The van der Waals surface area contributed by atoms with Crippen LogP contribution in [0.15, 0.2) is 72.9 Å². The average molecular weight is 1020 g/mol. The van der Waals surface area contributed by atoms with Crippen LogP contribution >= 0.6 is 0 Å². The molecule has 0 aromatic heterocycles. The average Bonchev–Trinajstić information content (AvgIpc) is 3.39. The second-order valence-corrected chi connectivity index (χ2v) is 20.9. The van der Waals surface area contributed by atoms with E-state index in [1.165, 1.54) is 186 Å². The van der Waals surface area contributed by atoms with Crippen molar-refractivity contribution >= 4 is 17.9 Å². The highest BCUT2D eigenvalue weighted by Crippen LogP contribution is 2.17. The van der Waals surface area contributed by atoms with Crippen LogP contribution in [-0.4, -0.2) is 37.2 Å². The van der Waals surface area contributed by atoms with Crippen LogP contribution in [0.25, 0.3) is 0 Å². The van der Waals surface area contributed by atoms with E-state index < -0.39 is 6.10 Å². The molecule has 0 spiro atoms. The maximum Gasteiger partial charge on any atom is 0.306 e. The first-order valence-electron chi connectivity index (χ1n) is 31.4. The number of unbranched alkanes of at least 4 members (excludes halogenated alkanes) is 34. The summed E-state index contributed by atoms with van der Waals surface area (Å²) in [4.78, 5) is 38.3. The van der Waals surface area contributed by atoms with Crippen molar-refractivity contribution in [2.75, 3.05) is 13.2 Å². The zero-order valence-corrected chi connectivity index (χ0v) is 48.4. The zero-order chi connectivity index (χ0) is 52.9. The summed E-state index contributed by atoms with van der Waals surface area (Å²) in [5.74, 6) is -0.920. The van der Waals surface area contributed by atoms with Crippen LogP contribution in [0.5, 0.6) is 0 Å². The summed E-state index contributed by atoms with van der Waals surface area (Å²) in [6.45, 7) is 6.50. The van der Waals surface area contributed by atoms with Gasteiger partial charge in [-0.3, -0.25) is 14.4 Å². The highest BCUT2D eigenvalue weighted by atomic mass is 16.6. The molecule has 0 saturated carbocycles. The summed E-state index contributed by atoms with van der Waals surface area (Å²) in [7, 11) is 0. The minimum atomic E-state index is -0.794. The Bertz CT molecular complexity index is 1360. The van der Waals surface area contributed by atoms with Crippen molar-refractivity contribution in [3.8, 4) is 0 Å². The quantitative estimate of drug-likeness (QED) is 0.0261. The smallest absolute Gasteiger partial charge is 0.306 e. The van der Waals surface area contributed by atoms with E-state index in [0.29, 0.717) is 19.3 Å². The van der Waals surface area contributed by atoms with Gasteiger partial charge in [0.2, 0.25) is 0 Å². The number of hydrogen-bond acceptors (Lipinski definition) is 6. The lowest BCUT2D eigenvalue weighted by atomic mass is 10.0. The van der Waals surface area contributed by atoms with Gasteiger partial charge in [0.05, 0.1) is 0 Å². The molecule has 0 aromatic carbocycles. The maximum atomic E-state index is 12.9. The van der Waals surface area contributed by atoms with Gasteiger partial charge in [-0.15, -0.1) is 0 Å². The monoisotopic (exact) mass is 1020 g/mol. The fourth-order valence-electron chi connectivity index (χ4n) is 9.00. The molecule has 0 fully saturated rings. The van der Waals surface area contributed by atoms with E-state index in [4.69, 9.17) is 14.2 Å². The van der Waals surface area contributed by atoms with Gasteiger partial charge in [-0.2, -0.15) is 0 Å². The van der Waals surface area contributed by atoms with E-state index in [2.05, 4.69) is 93.7 Å². The first-order chi connectivity index (χ1) is 36.0. The summed E-state index contributed by atoms with van der Waals surface area (Å²) in [6.07, 6.45) is 79.1. The first kappa shape index (κ1) is 69.8. The van der Waals surface area contributed by atoms with Crippen LogP contribution in [0.2, 0.25) is 0 Å². The van der Waals surface area contributed by atoms with Crippen LogP contribution in [0.4, 0.5) is 0 Å². The second-order valence-electron chi connectivity index (χ2n) is 20.9. The number of allylic oxidation sites excluding steroid dienone is 12. The largest absolute Gasteiger partial charge is 0.462 e. The Morgan fingerprint density at radius 2 is 0.534 bits per heavy atom. The fourth-order valence-corrected chi connectivity index (χ4v) is 9.00. The molecule has 6 heteroatoms. The van der Waals surface area contributed by atoms with E-state index in [1.807, 2.05) is 0 Å². The minimum Gasteiger partial charge on any atom is -0.462 e. The molecule has 0 amide bonds. The maximum absolute atomic E-state index is 12.9. The van der Waals surface area contributed by atoms with Crippen LogP contribution in [0, 0.1) is 0 Å². The lowest BCUT2D eigenvalue weighted by molar-refractivity contribution is -0.167. The Morgan fingerprint density at radius 3 is 0.890 bits per heavy atom. The Labute approximate surface area is 453 Å². The van der Waals surface area contributed by atoms with Crippen LogP contribution in [0.1, 0.15) is 316 Å². The zero-order valence-electron chi connectivity index (χ0n) is 48.4. The summed E-state index contributed by atoms with van der Waals surface area (Å²) >= 11 is 0. The van der Waals surface area contributed by atoms with Crippen LogP contribution < -0.4 is 0 Å². The van der Waals surface area contributed by atoms with Gasteiger partial charge in [-0.05, 0) is 89.9 Å². The molecule has 0 rings (SSSR count). The standard InChI is InChI=1S/C67H118O6/c1-4-7-10-13-16-19-22-25-28-30-32-33-35-37-40-43-46-49-52-55-58-61-67(70)73-64(62-71-65(68)59-56-53-50-47-44-41-38-27-24-21-18-15-12-9-6-3)63-72-66(69)60-57-54-51-48-45-42-39-36-34-31-29-26-23-20-17-14-11-8-5-2/h9,12,17-18,20-21,26-27,29,38,44,47,64H,4-8,10-11,13-16,19,22-25,28,30-37,39-43,45-46,48-63H2,1-3H3/b12-9-,20-17-,21-18-,29-26-,38-27-,47-44-/t64-/m1/s1. The summed E-state index contributed by atoms with van der Waals surface area (Å²) < 4.78 is 16.9. The molecule has 1 atom stereocenters. The molecular formula is C67H118O6. The molecule has 0 saturated heterocycles. The molecule has 0 aliphatic heterocycles. The number of carbonyl (C=O) groups is 3. The van der Waals surface area contributed by atoms with E-state index in [0.717, 1.165) is 89.9 Å². The normalized spacial score (nSPS) is 12.5. The molecule has 0 aliphatic rings. The van der Waals surface area contributed by atoms with Crippen molar-refractivity contribution in [3.63, 3.8) is 0 Å². The highest BCUT2D eigenvalue weighted by Gasteiger charge is 2.19. The molecule has 0 bridgehead atoms. The lowest BCUT2D eigenvalue weighted by Crippen LogP contribution is -2.30. The van der Waals surface area contributed by atoms with Crippen molar-refractivity contribution < 1.29 is 28.6 Å². The molecule has 73 heavy (non-hydrogen) atoms. The molecule has 0 heterocycles. The Hall–Kier alpha value is -3.15.